The molecule has 0 bridgehead atoms. The molecule has 1 aromatic heterocycles. The monoisotopic (exact) mass is 406 g/mol. The average molecular weight is 406 g/mol. The summed E-state index contributed by atoms with van der Waals surface area (Å²) in [6.45, 7) is 2.03. The third-order valence-corrected chi connectivity index (χ3v) is 5.12. The van der Waals surface area contributed by atoms with Gasteiger partial charge in [-0.1, -0.05) is 24.3 Å². The molecule has 0 N–H and O–H groups in total. The molecule has 1 saturated heterocycles. The highest BCUT2D eigenvalue weighted by atomic mass is 16.5. The Morgan fingerprint density at radius 2 is 1.63 bits per heavy atom. The Balaban J connectivity index is 1.36. The summed E-state index contributed by atoms with van der Waals surface area (Å²) in [4.78, 5) is 37.3. The standard InChI is InChI=1S/C22H22N4O4/c1-29-19-8-7-18(16-5-2-3-6-17(16)19)21(28)30-15-20(27)25-11-13-26(14-12-25)22-23-9-4-10-24-22/h2-10H,11-15H2,1H3. The van der Waals surface area contributed by atoms with Crippen LogP contribution >= 0.6 is 0 Å². The first-order chi connectivity index (χ1) is 14.7. The highest BCUT2D eigenvalue weighted by molar-refractivity contribution is 6.06. The van der Waals surface area contributed by atoms with E-state index in [0.717, 1.165) is 10.8 Å². The van der Waals surface area contributed by atoms with Crippen molar-refractivity contribution in [2.24, 2.45) is 0 Å². The van der Waals surface area contributed by atoms with Gasteiger partial charge < -0.3 is 19.3 Å². The predicted molar refractivity (Wildman–Crippen MR) is 112 cm³/mol. The second kappa shape index (κ2) is 8.77. The van der Waals surface area contributed by atoms with Crippen molar-refractivity contribution in [1.29, 1.82) is 0 Å². The molecule has 2 aromatic carbocycles. The number of carbonyl (C=O) groups is 2. The maximum absolute atomic E-state index is 12.6. The molecule has 3 aromatic rings. The van der Waals surface area contributed by atoms with E-state index in [-0.39, 0.29) is 12.5 Å². The van der Waals surface area contributed by atoms with Gasteiger partial charge in [-0.05, 0) is 23.6 Å². The SMILES string of the molecule is COc1ccc(C(=O)OCC(=O)N2CCN(c3ncccn3)CC2)c2ccccc12. The van der Waals surface area contributed by atoms with Crippen LogP contribution in [0.2, 0.25) is 0 Å². The van der Waals surface area contributed by atoms with Gasteiger partial charge in [-0.3, -0.25) is 4.79 Å². The lowest BCUT2D eigenvalue weighted by Crippen LogP contribution is -2.50. The van der Waals surface area contributed by atoms with Crippen LogP contribution in [0, 0.1) is 0 Å². The number of ether oxygens (including phenoxy) is 2. The van der Waals surface area contributed by atoms with Crippen molar-refractivity contribution in [1.82, 2.24) is 14.9 Å². The van der Waals surface area contributed by atoms with Gasteiger partial charge in [0.1, 0.15) is 5.75 Å². The molecule has 2 heterocycles. The largest absolute Gasteiger partial charge is 0.496 e. The fourth-order valence-electron chi connectivity index (χ4n) is 3.53. The lowest BCUT2D eigenvalue weighted by atomic mass is 10.0. The Labute approximate surface area is 174 Å². The Bertz CT molecular complexity index is 1050. The topological polar surface area (TPSA) is 84.9 Å². The van der Waals surface area contributed by atoms with E-state index in [9.17, 15) is 9.59 Å². The molecule has 0 saturated carbocycles. The Morgan fingerprint density at radius 1 is 0.933 bits per heavy atom. The Kier molecular flexibility index (Phi) is 5.74. The van der Waals surface area contributed by atoms with Crippen molar-refractivity contribution in [3.8, 4) is 5.75 Å². The first kappa shape index (κ1) is 19.6. The molecule has 1 amide bonds. The van der Waals surface area contributed by atoms with Gasteiger partial charge in [0, 0.05) is 44.0 Å². The van der Waals surface area contributed by atoms with Crippen molar-refractivity contribution in [3.05, 3.63) is 60.4 Å². The minimum absolute atomic E-state index is 0.213. The normalized spacial score (nSPS) is 13.9. The molecule has 0 spiro atoms. The molecule has 1 fully saturated rings. The molecule has 0 radical (unpaired) electrons. The predicted octanol–water partition coefficient (Wildman–Crippen LogP) is 2.14. The van der Waals surface area contributed by atoms with E-state index in [1.54, 1.807) is 42.6 Å². The number of amides is 1. The molecule has 1 aliphatic heterocycles. The number of piperazine rings is 1. The molecule has 30 heavy (non-hydrogen) atoms. The summed E-state index contributed by atoms with van der Waals surface area (Å²) in [5.41, 5.74) is 0.408. The third-order valence-electron chi connectivity index (χ3n) is 5.12. The van der Waals surface area contributed by atoms with Gasteiger partial charge in [-0.2, -0.15) is 0 Å². The lowest BCUT2D eigenvalue weighted by Gasteiger charge is -2.34. The maximum atomic E-state index is 12.6. The smallest absolute Gasteiger partial charge is 0.339 e. The molecular formula is C22H22N4O4. The van der Waals surface area contributed by atoms with Gasteiger partial charge in [0.25, 0.3) is 5.91 Å². The molecule has 154 valence electrons. The van der Waals surface area contributed by atoms with Gasteiger partial charge in [-0.25, -0.2) is 14.8 Å². The molecule has 8 heteroatoms. The van der Waals surface area contributed by atoms with Crippen molar-refractivity contribution in [2.45, 2.75) is 0 Å². The number of fused-ring (bicyclic) bond motifs is 1. The van der Waals surface area contributed by atoms with Crippen LogP contribution in [-0.4, -0.2) is 66.6 Å². The van der Waals surface area contributed by atoms with Crippen LogP contribution in [0.15, 0.2) is 54.9 Å². The first-order valence-electron chi connectivity index (χ1n) is 9.70. The zero-order valence-electron chi connectivity index (χ0n) is 16.7. The van der Waals surface area contributed by atoms with Crippen LogP contribution in [0.4, 0.5) is 5.95 Å². The van der Waals surface area contributed by atoms with Gasteiger partial charge in [0.05, 0.1) is 12.7 Å². The molecule has 0 aliphatic carbocycles. The van der Waals surface area contributed by atoms with E-state index in [2.05, 4.69) is 9.97 Å². The second-order valence-corrected chi connectivity index (χ2v) is 6.85. The van der Waals surface area contributed by atoms with Crippen LogP contribution in [0.1, 0.15) is 10.4 Å². The van der Waals surface area contributed by atoms with E-state index >= 15 is 0 Å². The summed E-state index contributed by atoms with van der Waals surface area (Å²) in [6, 6.07) is 12.6. The van der Waals surface area contributed by atoms with Gasteiger partial charge in [-0.15, -0.1) is 0 Å². The molecule has 1 aliphatic rings. The number of carbonyl (C=O) groups excluding carboxylic acids is 2. The Morgan fingerprint density at radius 3 is 2.33 bits per heavy atom. The fourth-order valence-corrected chi connectivity index (χ4v) is 3.53. The van der Waals surface area contributed by atoms with Gasteiger partial charge >= 0.3 is 5.97 Å². The highest BCUT2D eigenvalue weighted by Gasteiger charge is 2.24. The third kappa shape index (κ3) is 4.03. The van der Waals surface area contributed by atoms with E-state index < -0.39 is 5.97 Å². The minimum atomic E-state index is -0.529. The number of methoxy groups -OCH3 is 1. The van der Waals surface area contributed by atoms with Crippen LogP contribution < -0.4 is 9.64 Å². The molecule has 0 unspecified atom stereocenters. The van der Waals surface area contributed by atoms with Crippen molar-refractivity contribution >= 4 is 28.6 Å². The molecule has 0 atom stereocenters. The summed E-state index contributed by atoms with van der Waals surface area (Å²) >= 11 is 0. The fraction of sp³-hybridized carbons (Fsp3) is 0.273. The van der Waals surface area contributed by atoms with Crippen molar-refractivity contribution in [2.75, 3.05) is 44.8 Å². The van der Waals surface area contributed by atoms with Gasteiger partial charge in [0.2, 0.25) is 5.95 Å². The van der Waals surface area contributed by atoms with E-state index in [1.165, 1.54) is 0 Å². The highest BCUT2D eigenvalue weighted by Crippen LogP contribution is 2.28. The molecule has 4 rings (SSSR count). The maximum Gasteiger partial charge on any atom is 0.339 e. The number of rotatable bonds is 5. The van der Waals surface area contributed by atoms with Gasteiger partial charge in [0.15, 0.2) is 6.61 Å². The number of anilines is 1. The number of benzene rings is 2. The zero-order valence-corrected chi connectivity index (χ0v) is 16.7. The quantitative estimate of drug-likeness (QED) is 0.600. The van der Waals surface area contributed by atoms with Crippen molar-refractivity contribution < 1.29 is 19.1 Å². The first-order valence-corrected chi connectivity index (χ1v) is 9.70. The lowest BCUT2D eigenvalue weighted by molar-refractivity contribution is -0.134. The zero-order chi connectivity index (χ0) is 20.9. The number of hydrogen-bond acceptors (Lipinski definition) is 7. The summed E-state index contributed by atoms with van der Waals surface area (Å²) in [7, 11) is 1.59. The molecule has 8 nitrogen and oxygen atoms in total. The van der Waals surface area contributed by atoms with Crippen LogP contribution in [0.5, 0.6) is 5.75 Å². The van der Waals surface area contributed by atoms with Crippen LogP contribution in [-0.2, 0) is 9.53 Å². The van der Waals surface area contributed by atoms with E-state index in [0.29, 0.717) is 43.4 Å². The number of aromatic nitrogens is 2. The minimum Gasteiger partial charge on any atom is -0.496 e. The molecular weight excluding hydrogens is 384 g/mol. The average Bonchev–Trinajstić information content (AvgIpc) is 2.82. The Hall–Kier alpha value is -3.68. The summed E-state index contributed by atoms with van der Waals surface area (Å²) in [5.74, 6) is 0.592. The van der Waals surface area contributed by atoms with Crippen LogP contribution in [0.25, 0.3) is 10.8 Å². The second-order valence-electron chi connectivity index (χ2n) is 6.85. The summed E-state index contributed by atoms with van der Waals surface area (Å²) in [5, 5.41) is 1.55. The number of esters is 1. The summed E-state index contributed by atoms with van der Waals surface area (Å²) < 4.78 is 10.7. The van der Waals surface area contributed by atoms with E-state index in [1.807, 2.05) is 29.2 Å². The van der Waals surface area contributed by atoms with Crippen molar-refractivity contribution in [3.63, 3.8) is 0 Å². The number of nitrogens with zero attached hydrogens (tertiary/aromatic N) is 4. The van der Waals surface area contributed by atoms with Crippen LogP contribution in [0.3, 0.4) is 0 Å². The summed E-state index contributed by atoms with van der Waals surface area (Å²) in [6.07, 6.45) is 3.39. The van der Waals surface area contributed by atoms with E-state index in [4.69, 9.17) is 9.47 Å². The number of hydrogen-bond donors (Lipinski definition) is 0.